The fourth-order valence-corrected chi connectivity index (χ4v) is 5.13. The summed E-state index contributed by atoms with van der Waals surface area (Å²) in [5.74, 6) is 1.10. The maximum Gasteiger partial charge on any atom is 0.227 e. The van der Waals surface area contributed by atoms with E-state index in [1.807, 2.05) is 43.0 Å². The normalized spacial score (nSPS) is 17.6. The lowest BCUT2D eigenvalue weighted by Crippen LogP contribution is -2.45. The van der Waals surface area contributed by atoms with Crippen molar-refractivity contribution in [2.75, 3.05) is 23.4 Å². The molecule has 0 unspecified atom stereocenters. The first-order chi connectivity index (χ1) is 15.0. The van der Waals surface area contributed by atoms with Crippen LogP contribution < -0.4 is 20.3 Å². The van der Waals surface area contributed by atoms with Crippen LogP contribution in [0.3, 0.4) is 0 Å². The Morgan fingerprint density at radius 3 is 2.48 bits per heavy atom. The molecule has 1 aliphatic heterocycles. The summed E-state index contributed by atoms with van der Waals surface area (Å²) in [7, 11) is 0. The van der Waals surface area contributed by atoms with Gasteiger partial charge in [0.1, 0.15) is 5.75 Å². The van der Waals surface area contributed by atoms with E-state index in [0.717, 1.165) is 48.5 Å². The Hall–Kier alpha value is -2.60. The van der Waals surface area contributed by atoms with Gasteiger partial charge < -0.3 is 20.3 Å². The van der Waals surface area contributed by atoms with E-state index in [2.05, 4.69) is 28.8 Å². The highest BCUT2D eigenvalue weighted by Gasteiger charge is 2.36. The third-order valence-electron chi connectivity index (χ3n) is 6.35. The Morgan fingerprint density at radius 2 is 1.87 bits per heavy atom. The molecule has 2 aliphatic rings. The molecular weight excluding hydrogens is 406 g/mol. The average molecular weight is 438 g/mol. The maximum atomic E-state index is 12.1. The van der Waals surface area contributed by atoms with Gasteiger partial charge in [-0.25, -0.2) is 0 Å². The molecule has 0 radical (unpaired) electrons. The zero-order valence-electron chi connectivity index (χ0n) is 18.4. The van der Waals surface area contributed by atoms with E-state index in [-0.39, 0.29) is 11.4 Å². The molecule has 5 nitrogen and oxygen atoms in total. The summed E-state index contributed by atoms with van der Waals surface area (Å²) in [4.78, 5) is 14.0. The summed E-state index contributed by atoms with van der Waals surface area (Å²) in [5, 5.41) is 7.60. The van der Waals surface area contributed by atoms with Crippen molar-refractivity contribution in [3.63, 3.8) is 0 Å². The molecule has 0 aromatic heterocycles. The first-order valence-electron chi connectivity index (χ1n) is 11.2. The van der Waals surface area contributed by atoms with Crippen LogP contribution in [0.1, 0.15) is 56.6 Å². The second kappa shape index (κ2) is 9.27. The van der Waals surface area contributed by atoms with E-state index in [1.165, 1.54) is 18.4 Å². The van der Waals surface area contributed by atoms with Crippen molar-refractivity contribution in [3.05, 3.63) is 53.6 Å². The van der Waals surface area contributed by atoms with E-state index in [9.17, 15) is 4.79 Å². The number of rotatable bonds is 6. The molecule has 6 heteroatoms. The number of hydrogen-bond donors (Lipinski definition) is 2. The average Bonchev–Trinajstić information content (AvgIpc) is 3.39. The van der Waals surface area contributed by atoms with Gasteiger partial charge in [-0.3, -0.25) is 4.79 Å². The van der Waals surface area contributed by atoms with Crippen LogP contribution in [-0.4, -0.2) is 24.2 Å². The number of aryl methyl sites for hydroxylation is 1. The number of hydrogen-bond acceptors (Lipinski definition) is 3. The van der Waals surface area contributed by atoms with Gasteiger partial charge >= 0.3 is 0 Å². The lowest BCUT2D eigenvalue weighted by molar-refractivity contribution is -0.117. The fraction of sp³-hybridized carbons (Fsp3) is 0.440. The number of anilines is 2. The van der Waals surface area contributed by atoms with Crippen LogP contribution in [-0.2, 0) is 10.3 Å². The van der Waals surface area contributed by atoms with Crippen molar-refractivity contribution >= 4 is 34.6 Å². The smallest absolute Gasteiger partial charge is 0.227 e. The van der Waals surface area contributed by atoms with E-state index >= 15 is 0 Å². The number of nitrogens with zero attached hydrogens (tertiary/aromatic N) is 1. The second-order valence-electron chi connectivity index (χ2n) is 8.48. The topological polar surface area (TPSA) is 53.6 Å². The second-order valence-corrected chi connectivity index (χ2v) is 8.88. The number of nitrogens with one attached hydrogen (secondary N) is 2. The quantitative estimate of drug-likeness (QED) is 0.603. The first-order valence-corrected chi connectivity index (χ1v) is 11.6. The molecule has 0 atom stereocenters. The van der Waals surface area contributed by atoms with E-state index in [4.69, 9.17) is 17.0 Å². The largest absolute Gasteiger partial charge is 0.494 e. The predicted molar refractivity (Wildman–Crippen MR) is 130 cm³/mol. The van der Waals surface area contributed by atoms with Gasteiger partial charge in [0.25, 0.3) is 0 Å². The molecule has 1 saturated heterocycles. The molecular formula is C25H31N3O2S. The van der Waals surface area contributed by atoms with Crippen molar-refractivity contribution in [2.45, 2.75) is 57.9 Å². The minimum Gasteiger partial charge on any atom is -0.494 e. The fourth-order valence-electron chi connectivity index (χ4n) is 4.82. The van der Waals surface area contributed by atoms with Crippen LogP contribution in [0.25, 0.3) is 0 Å². The molecule has 0 bridgehead atoms. The number of carbonyl (C=O) groups is 1. The molecule has 0 spiro atoms. The summed E-state index contributed by atoms with van der Waals surface area (Å²) in [6.45, 7) is 5.51. The zero-order chi connectivity index (χ0) is 21.8. The van der Waals surface area contributed by atoms with Gasteiger partial charge in [-0.2, -0.15) is 0 Å². The number of amides is 1. The lowest BCUT2D eigenvalue weighted by atomic mass is 9.88. The standard InChI is InChI=1S/C25H31N3O2S/c1-3-30-21-11-8-19(9-12-21)25(14-4-5-15-25)27-24(31)26-20-10-13-22(18(2)17-20)28-16-6-7-23(28)29/h8-13,17H,3-7,14-16H2,1-2H3,(H2,26,27,31). The van der Waals surface area contributed by atoms with Gasteiger partial charge in [0, 0.05) is 24.3 Å². The molecule has 1 amide bonds. The van der Waals surface area contributed by atoms with Crippen LogP contribution in [0.4, 0.5) is 11.4 Å². The van der Waals surface area contributed by atoms with Crippen LogP contribution in [0.15, 0.2) is 42.5 Å². The Morgan fingerprint density at radius 1 is 1.13 bits per heavy atom. The van der Waals surface area contributed by atoms with Gasteiger partial charge in [0.2, 0.25) is 5.91 Å². The SMILES string of the molecule is CCOc1ccc(C2(NC(=S)Nc3ccc(N4CCCC4=O)c(C)c3)CCCC2)cc1. The van der Waals surface area contributed by atoms with Crippen LogP contribution >= 0.6 is 12.2 Å². The summed E-state index contributed by atoms with van der Waals surface area (Å²) >= 11 is 5.70. The van der Waals surface area contributed by atoms with E-state index < -0.39 is 0 Å². The Bertz CT molecular complexity index is 952. The monoisotopic (exact) mass is 437 g/mol. The molecule has 2 aromatic carbocycles. The maximum absolute atomic E-state index is 12.1. The highest BCUT2D eigenvalue weighted by molar-refractivity contribution is 7.80. The Labute approximate surface area is 190 Å². The third kappa shape index (κ3) is 4.69. The van der Waals surface area contributed by atoms with E-state index in [1.54, 1.807) is 0 Å². The molecule has 2 N–H and O–H groups in total. The molecule has 1 aliphatic carbocycles. The highest BCUT2D eigenvalue weighted by atomic mass is 32.1. The predicted octanol–water partition coefficient (Wildman–Crippen LogP) is 5.28. The number of thiocarbonyl (C=S) groups is 1. The molecule has 31 heavy (non-hydrogen) atoms. The van der Waals surface area contributed by atoms with Gasteiger partial charge in [0.05, 0.1) is 12.1 Å². The highest BCUT2D eigenvalue weighted by Crippen LogP contribution is 2.39. The van der Waals surface area contributed by atoms with E-state index in [0.29, 0.717) is 18.1 Å². The third-order valence-corrected chi connectivity index (χ3v) is 6.55. The lowest BCUT2D eigenvalue weighted by Gasteiger charge is -2.32. The molecule has 1 saturated carbocycles. The van der Waals surface area contributed by atoms with Crippen molar-refractivity contribution in [2.24, 2.45) is 0 Å². The van der Waals surface area contributed by atoms with Gasteiger partial charge in [-0.1, -0.05) is 25.0 Å². The molecule has 2 fully saturated rings. The number of benzene rings is 2. The minimum absolute atomic E-state index is 0.147. The van der Waals surface area contributed by atoms with Crippen LogP contribution in [0.5, 0.6) is 5.75 Å². The van der Waals surface area contributed by atoms with Gasteiger partial charge in [-0.05, 0) is 86.8 Å². The molecule has 1 heterocycles. The molecule has 164 valence electrons. The Balaban J connectivity index is 1.46. The number of carbonyl (C=O) groups excluding carboxylic acids is 1. The summed E-state index contributed by atoms with van der Waals surface area (Å²) < 4.78 is 5.60. The van der Waals surface area contributed by atoms with Crippen LogP contribution in [0, 0.1) is 6.92 Å². The van der Waals surface area contributed by atoms with Crippen molar-refractivity contribution in [1.82, 2.24) is 5.32 Å². The van der Waals surface area contributed by atoms with Crippen molar-refractivity contribution in [3.8, 4) is 5.75 Å². The zero-order valence-corrected chi connectivity index (χ0v) is 19.2. The molecule has 2 aromatic rings. The van der Waals surface area contributed by atoms with Crippen LogP contribution in [0.2, 0.25) is 0 Å². The van der Waals surface area contributed by atoms with Crippen molar-refractivity contribution in [1.29, 1.82) is 0 Å². The summed E-state index contributed by atoms with van der Waals surface area (Å²) in [5.41, 5.74) is 4.10. The van der Waals surface area contributed by atoms with Gasteiger partial charge in [-0.15, -0.1) is 0 Å². The minimum atomic E-state index is -0.147. The summed E-state index contributed by atoms with van der Waals surface area (Å²) in [6.07, 6.45) is 6.04. The Kier molecular flexibility index (Phi) is 6.46. The first kappa shape index (κ1) is 21.6. The molecule has 4 rings (SSSR count). The number of ether oxygens (including phenoxy) is 1. The van der Waals surface area contributed by atoms with Gasteiger partial charge in [0.15, 0.2) is 5.11 Å². The summed E-state index contributed by atoms with van der Waals surface area (Å²) in [6, 6.07) is 14.5. The van der Waals surface area contributed by atoms with Crippen molar-refractivity contribution < 1.29 is 9.53 Å².